The van der Waals surface area contributed by atoms with Gasteiger partial charge in [-0.3, -0.25) is 19.4 Å². The van der Waals surface area contributed by atoms with Crippen LogP contribution in [0.2, 0.25) is 0 Å². The smallest absolute Gasteiger partial charge is 0.411 e. The zero-order valence-electron chi connectivity index (χ0n) is 26.3. The summed E-state index contributed by atoms with van der Waals surface area (Å²) in [5.41, 5.74) is 0.597. The largest absolute Gasteiger partial charge is 0.497 e. The number of carbonyl (C=O) groups is 3. The minimum Gasteiger partial charge on any atom is -0.497 e. The van der Waals surface area contributed by atoms with E-state index in [2.05, 4.69) is 27.7 Å². The number of rotatable bonds is 11. The first-order valence-corrected chi connectivity index (χ1v) is 18.0. The number of hydrogen-bond acceptors (Lipinski definition) is 8. The van der Waals surface area contributed by atoms with E-state index in [4.69, 9.17) is 9.47 Å². The highest BCUT2D eigenvalue weighted by atomic mass is 32.2. The lowest BCUT2D eigenvalue weighted by Crippen LogP contribution is -2.57. The van der Waals surface area contributed by atoms with E-state index in [9.17, 15) is 14.4 Å². The summed E-state index contributed by atoms with van der Waals surface area (Å²) >= 11 is 3.28. The molecule has 11 heteroatoms. The maximum absolute atomic E-state index is 13.6. The first kappa shape index (κ1) is 33.8. The molecule has 0 radical (unpaired) electrons. The number of benzene rings is 1. The van der Waals surface area contributed by atoms with E-state index in [1.807, 2.05) is 32.9 Å². The van der Waals surface area contributed by atoms with Gasteiger partial charge in [-0.2, -0.15) is 11.8 Å². The fourth-order valence-corrected chi connectivity index (χ4v) is 8.26. The summed E-state index contributed by atoms with van der Waals surface area (Å²) in [5, 5.41) is 6.28. The lowest BCUT2D eigenvalue weighted by Gasteiger charge is -2.33. The van der Waals surface area contributed by atoms with Gasteiger partial charge in [0.2, 0.25) is 11.8 Å². The topological polar surface area (TPSA) is 100 Å². The van der Waals surface area contributed by atoms with Crippen LogP contribution in [0.3, 0.4) is 0 Å². The highest BCUT2D eigenvalue weighted by Crippen LogP contribution is 2.28. The van der Waals surface area contributed by atoms with Gasteiger partial charge in [-0.15, -0.1) is 11.8 Å². The second kappa shape index (κ2) is 16.3. The first-order valence-electron chi connectivity index (χ1n) is 15.7. The monoisotopic (exact) mass is 634 g/mol. The van der Waals surface area contributed by atoms with Crippen molar-refractivity contribution < 1.29 is 23.9 Å². The van der Waals surface area contributed by atoms with E-state index < -0.39 is 23.8 Å². The van der Waals surface area contributed by atoms with Gasteiger partial charge in [-0.05, 0) is 75.8 Å². The molecule has 2 atom stereocenters. The molecule has 1 aromatic carbocycles. The number of ether oxygens (including phenoxy) is 2. The van der Waals surface area contributed by atoms with E-state index in [0.717, 1.165) is 44.0 Å². The van der Waals surface area contributed by atoms with Crippen LogP contribution >= 0.6 is 23.5 Å². The Hall–Kier alpha value is -2.11. The van der Waals surface area contributed by atoms with Gasteiger partial charge in [0.25, 0.3) is 0 Å². The number of piperidine rings is 1. The SMILES string of the molecule is COc1ccc(CN2CCC(NC(=O)C(CSCC3CCCCC3)NC(=O)[C@@H]3CSCN3C(=O)OC(C)(C)C)CC2)cc1. The van der Waals surface area contributed by atoms with Crippen molar-refractivity contribution in [3.63, 3.8) is 0 Å². The number of nitrogens with one attached hydrogen (secondary N) is 2. The molecular weight excluding hydrogens is 585 g/mol. The van der Waals surface area contributed by atoms with Crippen molar-refractivity contribution in [2.24, 2.45) is 5.92 Å². The highest BCUT2D eigenvalue weighted by molar-refractivity contribution is 7.99. The van der Waals surface area contributed by atoms with Gasteiger partial charge in [0.15, 0.2) is 0 Å². The normalized spacial score (nSPS) is 21.3. The Morgan fingerprint density at radius 1 is 1.05 bits per heavy atom. The number of hydrogen-bond donors (Lipinski definition) is 2. The van der Waals surface area contributed by atoms with Gasteiger partial charge < -0.3 is 20.1 Å². The van der Waals surface area contributed by atoms with Crippen LogP contribution < -0.4 is 15.4 Å². The molecule has 4 rings (SSSR count). The molecule has 2 N–H and O–H groups in total. The van der Waals surface area contributed by atoms with Crippen molar-refractivity contribution in [3.05, 3.63) is 29.8 Å². The Balaban J connectivity index is 1.31. The van der Waals surface area contributed by atoms with Gasteiger partial charge in [0.05, 0.1) is 13.0 Å². The van der Waals surface area contributed by atoms with Crippen LogP contribution in [0.5, 0.6) is 5.75 Å². The van der Waals surface area contributed by atoms with E-state index in [0.29, 0.717) is 23.3 Å². The molecule has 0 aromatic heterocycles. The molecule has 240 valence electrons. The van der Waals surface area contributed by atoms with Crippen molar-refractivity contribution in [1.29, 1.82) is 0 Å². The van der Waals surface area contributed by atoms with Crippen molar-refractivity contribution in [3.8, 4) is 5.75 Å². The standard InChI is InChI=1S/C32H50N4O5S2/c1-32(2,3)41-31(39)36-22-43-21-28(36)30(38)34-27(20-42-19-24-8-6-5-7-9-24)29(37)33-25-14-16-35(17-15-25)18-23-10-12-26(40-4)13-11-23/h10-13,24-25,27-28H,5-9,14-22H2,1-4H3,(H,33,37)(H,34,38)/t27?,28-/m0/s1. The average Bonchev–Trinajstić information content (AvgIpc) is 3.48. The molecule has 1 aliphatic carbocycles. The lowest BCUT2D eigenvalue weighted by molar-refractivity contribution is -0.131. The molecule has 3 aliphatic rings. The predicted molar refractivity (Wildman–Crippen MR) is 174 cm³/mol. The van der Waals surface area contributed by atoms with Crippen LogP contribution in [-0.4, -0.2) is 94.8 Å². The summed E-state index contributed by atoms with van der Waals surface area (Å²) in [6.45, 7) is 8.11. The summed E-state index contributed by atoms with van der Waals surface area (Å²) in [7, 11) is 1.67. The number of methoxy groups -OCH3 is 1. The lowest BCUT2D eigenvalue weighted by atomic mass is 9.91. The number of thioether (sulfide) groups is 2. The third kappa shape index (κ3) is 10.8. The zero-order valence-corrected chi connectivity index (χ0v) is 27.9. The molecule has 1 unspecified atom stereocenters. The Labute approximate surface area is 265 Å². The molecule has 3 fully saturated rings. The van der Waals surface area contributed by atoms with Gasteiger partial charge in [0.1, 0.15) is 23.4 Å². The second-order valence-electron chi connectivity index (χ2n) is 13.0. The van der Waals surface area contributed by atoms with Crippen LogP contribution in [0.1, 0.15) is 71.3 Å². The molecular formula is C32H50N4O5S2. The zero-order chi connectivity index (χ0) is 30.8. The van der Waals surface area contributed by atoms with E-state index in [1.165, 1.54) is 54.3 Å². The third-order valence-electron chi connectivity index (χ3n) is 8.31. The molecule has 2 aliphatic heterocycles. The minimum absolute atomic E-state index is 0.0719. The van der Waals surface area contributed by atoms with Crippen LogP contribution in [-0.2, 0) is 20.9 Å². The molecule has 3 amide bonds. The van der Waals surface area contributed by atoms with Gasteiger partial charge in [-0.25, -0.2) is 4.79 Å². The Morgan fingerprint density at radius 3 is 2.40 bits per heavy atom. The minimum atomic E-state index is -0.653. The van der Waals surface area contributed by atoms with Crippen molar-refractivity contribution >= 4 is 41.4 Å². The van der Waals surface area contributed by atoms with Crippen molar-refractivity contribution in [1.82, 2.24) is 20.4 Å². The van der Waals surface area contributed by atoms with E-state index >= 15 is 0 Å². The van der Waals surface area contributed by atoms with Crippen LogP contribution in [0.25, 0.3) is 0 Å². The summed E-state index contributed by atoms with van der Waals surface area (Å²) in [6, 6.07) is 6.93. The molecule has 9 nitrogen and oxygen atoms in total. The first-order chi connectivity index (χ1) is 20.6. The fourth-order valence-electron chi connectivity index (χ4n) is 5.84. The quantitative estimate of drug-likeness (QED) is 0.355. The Bertz CT molecular complexity index is 1050. The van der Waals surface area contributed by atoms with E-state index in [-0.39, 0.29) is 17.9 Å². The third-order valence-corrected chi connectivity index (χ3v) is 10.6. The van der Waals surface area contributed by atoms with Crippen LogP contribution in [0.4, 0.5) is 4.79 Å². The Morgan fingerprint density at radius 2 is 1.74 bits per heavy atom. The second-order valence-corrected chi connectivity index (χ2v) is 15.1. The molecule has 1 aromatic rings. The number of carbonyl (C=O) groups excluding carboxylic acids is 3. The molecule has 1 saturated carbocycles. The summed E-state index contributed by atoms with van der Waals surface area (Å²) in [5.74, 6) is 3.53. The number of amides is 3. The predicted octanol–water partition coefficient (Wildman–Crippen LogP) is 4.88. The molecule has 2 heterocycles. The van der Waals surface area contributed by atoms with Crippen LogP contribution in [0.15, 0.2) is 24.3 Å². The molecule has 43 heavy (non-hydrogen) atoms. The van der Waals surface area contributed by atoms with Gasteiger partial charge in [0, 0.05) is 37.2 Å². The maximum atomic E-state index is 13.6. The average molecular weight is 635 g/mol. The Kier molecular flexibility index (Phi) is 12.8. The number of nitrogens with zero attached hydrogens (tertiary/aromatic N) is 2. The highest BCUT2D eigenvalue weighted by Gasteiger charge is 2.39. The maximum Gasteiger partial charge on any atom is 0.411 e. The van der Waals surface area contributed by atoms with Gasteiger partial charge >= 0.3 is 6.09 Å². The van der Waals surface area contributed by atoms with Crippen LogP contribution in [0, 0.1) is 5.92 Å². The summed E-state index contributed by atoms with van der Waals surface area (Å²) in [4.78, 5) is 43.8. The molecule has 2 saturated heterocycles. The van der Waals surface area contributed by atoms with Crippen molar-refractivity contribution in [2.75, 3.05) is 43.3 Å². The molecule has 0 bridgehead atoms. The molecule has 0 spiro atoms. The fraction of sp³-hybridized carbons (Fsp3) is 0.719. The summed E-state index contributed by atoms with van der Waals surface area (Å²) in [6.07, 6.45) is 7.60. The number of likely N-dealkylation sites (tertiary alicyclic amines) is 1. The van der Waals surface area contributed by atoms with E-state index in [1.54, 1.807) is 18.9 Å². The summed E-state index contributed by atoms with van der Waals surface area (Å²) < 4.78 is 10.8. The van der Waals surface area contributed by atoms with Crippen molar-refractivity contribution in [2.45, 2.75) is 96.0 Å². The van der Waals surface area contributed by atoms with Gasteiger partial charge in [-0.1, -0.05) is 31.4 Å².